The predicted octanol–water partition coefficient (Wildman–Crippen LogP) is 21.8. The summed E-state index contributed by atoms with van der Waals surface area (Å²) in [7, 11) is -9.91. The Bertz CT molecular complexity index is 1840. The molecule has 0 aromatic rings. The number of unbranched alkanes of at least 4 members (excludes halogenated alkanes) is 41. The standard InChI is InChI=1S/C75H146O17P2/c1-8-9-10-11-32-42-49-56-72(77)85-62-70(91-74(79)59-52-45-38-31-25-19-17-22-28-35-41-48-55-68(6)7)64-89-93(81,82)87-60-69(76)61-88-94(83,84)90-65-71(63-86-73(78)57-50-43-36-29-23-18-16-21-27-34-40-47-54-67(4)5)92-75(80)58-51-44-37-30-24-15-13-12-14-20-26-33-39-46-53-66(2)3/h66-71,76H,8-65H2,1-7H3,(H,81,82)(H,83,84)/t69-,70+,71+/m0/s1. The van der Waals surface area contributed by atoms with Gasteiger partial charge in [0.05, 0.1) is 26.4 Å². The zero-order valence-corrected chi connectivity index (χ0v) is 63.2. The van der Waals surface area contributed by atoms with Crippen LogP contribution in [-0.2, 0) is 65.4 Å². The maximum absolute atomic E-state index is 13.1. The van der Waals surface area contributed by atoms with Crippen LogP contribution >= 0.6 is 15.6 Å². The number of carbonyl (C=O) groups is 4. The Hall–Kier alpha value is -1.94. The van der Waals surface area contributed by atoms with E-state index in [2.05, 4.69) is 48.5 Å². The Kier molecular flexibility index (Phi) is 64.3. The highest BCUT2D eigenvalue weighted by Crippen LogP contribution is 2.45. The van der Waals surface area contributed by atoms with Gasteiger partial charge in [-0.3, -0.25) is 37.3 Å². The van der Waals surface area contributed by atoms with E-state index in [1.54, 1.807) is 0 Å². The average Bonchev–Trinajstić information content (AvgIpc) is 1.43. The molecular weight excluding hydrogens is 1230 g/mol. The van der Waals surface area contributed by atoms with Crippen molar-refractivity contribution in [2.24, 2.45) is 17.8 Å². The molecule has 0 amide bonds. The number of rotatable bonds is 73. The van der Waals surface area contributed by atoms with Crippen LogP contribution in [-0.4, -0.2) is 96.7 Å². The van der Waals surface area contributed by atoms with E-state index in [4.69, 9.17) is 37.0 Å². The van der Waals surface area contributed by atoms with Gasteiger partial charge >= 0.3 is 39.5 Å². The van der Waals surface area contributed by atoms with Gasteiger partial charge in [-0.2, -0.15) is 0 Å². The Morgan fingerprint density at radius 2 is 0.489 bits per heavy atom. The van der Waals surface area contributed by atoms with Crippen LogP contribution in [0.3, 0.4) is 0 Å². The second-order valence-electron chi connectivity index (χ2n) is 28.5. The van der Waals surface area contributed by atoms with Crippen LogP contribution in [0.25, 0.3) is 0 Å². The fraction of sp³-hybridized carbons (Fsp3) is 0.947. The molecule has 0 aliphatic carbocycles. The third-order valence-electron chi connectivity index (χ3n) is 17.4. The molecule has 0 saturated heterocycles. The highest BCUT2D eigenvalue weighted by Gasteiger charge is 2.30. The van der Waals surface area contributed by atoms with Crippen molar-refractivity contribution in [3.8, 4) is 0 Å². The monoisotopic (exact) mass is 1380 g/mol. The van der Waals surface area contributed by atoms with Gasteiger partial charge in [0.25, 0.3) is 0 Å². The predicted molar refractivity (Wildman–Crippen MR) is 381 cm³/mol. The second kappa shape index (κ2) is 65.7. The first-order valence-electron chi connectivity index (χ1n) is 38.8. The highest BCUT2D eigenvalue weighted by molar-refractivity contribution is 7.47. The maximum Gasteiger partial charge on any atom is 0.472 e. The van der Waals surface area contributed by atoms with Gasteiger partial charge in [0, 0.05) is 25.7 Å². The summed E-state index contributed by atoms with van der Waals surface area (Å²) >= 11 is 0. The fourth-order valence-electron chi connectivity index (χ4n) is 11.4. The molecule has 0 saturated carbocycles. The minimum atomic E-state index is -4.96. The van der Waals surface area contributed by atoms with Crippen molar-refractivity contribution < 1.29 is 80.2 Å². The lowest BCUT2D eigenvalue weighted by Crippen LogP contribution is -2.30. The van der Waals surface area contributed by atoms with Crippen molar-refractivity contribution in [3.05, 3.63) is 0 Å². The van der Waals surface area contributed by atoms with Crippen LogP contribution in [0.2, 0.25) is 0 Å². The van der Waals surface area contributed by atoms with Crippen molar-refractivity contribution in [3.63, 3.8) is 0 Å². The van der Waals surface area contributed by atoms with Gasteiger partial charge in [-0.25, -0.2) is 9.13 Å². The van der Waals surface area contributed by atoms with Gasteiger partial charge in [0.1, 0.15) is 19.3 Å². The van der Waals surface area contributed by atoms with Gasteiger partial charge in [0.2, 0.25) is 0 Å². The molecule has 0 aromatic carbocycles. The van der Waals surface area contributed by atoms with Crippen molar-refractivity contribution in [2.75, 3.05) is 39.6 Å². The van der Waals surface area contributed by atoms with Gasteiger partial charge in [-0.1, -0.05) is 331 Å². The number of ether oxygens (including phenoxy) is 4. The van der Waals surface area contributed by atoms with Crippen molar-refractivity contribution in [2.45, 2.75) is 401 Å². The van der Waals surface area contributed by atoms with Gasteiger partial charge in [-0.05, 0) is 43.4 Å². The number of esters is 4. The molecular formula is C75H146O17P2. The van der Waals surface area contributed by atoms with E-state index in [-0.39, 0.29) is 25.7 Å². The number of aliphatic hydroxyl groups excluding tert-OH is 1. The van der Waals surface area contributed by atoms with E-state index in [0.29, 0.717) is 25.7 Å². The van der Waals surface area contributed by atoms with Crippen molar-refractivity contribution in [1.29, 1.82) is 0 Å². The molecule has 19 heteroatoms. The molecule has 3 N–H and O–H groups in total. The number of aliphatic hydroxyl groups is 1. The van der Waals surface area contributed by atoms with Crippen LogP contribution in [0.1, 0.15) is 382 Å². The topological polar surface area (TPSA) is 237 Å². The molecule has 0 fully saturated rings. The number of phosphoric acid groups is 2. The van der Waals surface area contributed by atoms with Crippen molar-refractivity contribution in [1.82, 2.24) is 0 Å². The van der Waals surface area contributed by atoms with Crippen molar-refractivity contribution >= 4 is 39.5 Å². The Morgan fingerprint density at radius 1 is 0.287 bits per heavy atom. The average molecular weight is 1380 g/mol. The molecule has 0 spiro atoms. The van der Waals surface area contributed by atoms with Gasteiger partial charge in [0.15, 0.2) is 12.2 Å². The lowest BCUT2D eigenvalue weighted by molar-refractivity contribution is -0.161. The molecule has 0 rings (SSSR count). The molecule has 0 aliphatic heterocycles. The molecule has 558 valence electrons. The third-order valence-corrected chi connectivity index (χ3v) is 19.3. The van der Waals surface area contributed by atoms with E-state index in [9.17, 15) is 43.2 Å². The first kappa shape index (κ1) is 92.1. The zero-order chi connectivity index (χ0) is 69.4. The van der Waals surface area contributed by atoms with E-state index in [0.717, 1.165) is 120 Å². The third kappa shape index (κ3) is 68.6. The Morgan fingerprint density at radius 3 is 0.723 bits per heavy atom. The SMILES string of the molecule is CCCCCCCCCC(=O)OC[C@H](COP(=O)(O)OC[C@H](O)COP(=O)(O)OC[C@@H](COC(=O)CCCCCCCCCCCCCCC(C)C)OC(=O)CCCCCCCCCCCCCCCCC(C)C)OC(=O)CCCCCCCCCCCCCCC(C)C. The van der Waals surface area contributed by atoms with E-state index >= 15 is 0 Å². The normalized spacial score (nSPS) is 14.1. The largest absolute Gasteiger partial charge is 0.472 e. The Labute approximate surface area is 575 Å². The molecule has 0 aliphatic rings. The summed E-state index contributed by atoms with van der Waals surface area (Å²) in [4.78, 5) is 72.7. The number of carbonyl (C=O) groups excluding carboxylic acids is 4. The highest BCUT2D eigenvalue weighted by atomic mass is 31.2. The fourth-order valence-corrected chi connectivity index (χ4v) is 13.0. The first-order chi connectivity index (χ1) is 45.2. The molecule has 0 radical (unpaired) electrons. The van der Waals surface area contributed by atoms with Gasteiger partial charge in [-0.15, -0.1) is 0 Å². The maximum atomic E-state index is 13.1. The summed E-state index contributed by atoms with van der Waals surface area (Å²) in [6.45, 7) is 11.9. The quantitative estimate of drug-likeness (QED) is 0.0222. The zero-order valence-electron chi connectivity index (χ0n) is 61.4. The summed E-state index contributed by atoms with van der Waals surface area (Å²) in [6, 6.07) is 0. The van der Waals surface area contributed by atoms with Gasteiger partial charge < -0.3 is 33.8 Å². The number of phosphoric ester groups is 2. The summed E-state index contributed by atoms with van der Waals surface area (Å²) in [5.41, 5.74) is 0. The molecule has 17 nitrogen and oxygen atoms in total. The number of hydrogen-bond donors (Lipinski definition) is 3. The summed E-state index contributed by atoms with van der Waals surface area (Å²) in [5.74, 6) is 0.231. The lowest BCUT2D eigenvalue weighted by atomic mass is 10.0. The molecule has 2 unspecified atom stereocenters. The lowest BCUT2D eigenvalue weighted by Gasteiger charge is -2.21. The summed E-state index contributed by atoms with van der Waals surface area (Å²) in [6.07, 6.45) is 51.4. The molecule has 5 atom stereocenters. The number of hydrogen-bond acceptors (Lipinski definition) is 15. The van der Waals surface area contributed by atoms with Crippen LogP contribution in [0.4, 0.5) is 0 Å². The molecule has 94 heavy (non-hydrogen) atoms. The van der Waals surface area contributed by atoms with Crippen LogP contribution in [0.5, 0.6) is 0 Å². The smallest absolute Gasteiger partial charge is 0.462 e. The summed E-state index contributed by atoms with van der Waals surface area (Å²) < 4.78 is 68.4. The van der Waals surface area contributed by atoms with E-state index in [1.165, 1.54) is 180 Å². The molecule has 0 aromatic heterocycles. The minimum Gasteiger partial charge on any atom is -0.462 e. The van der Waals surface area contributed by atoms with E-state index in [1.807, 2.05) is 0 Å². The summed E-state index contributed by atoms with van der Waals surface area (Å²) in [5, 5.41) is 10.6. The van der Waals surface area contributed by atoms with Crippen LogP contribution in [0, 0.1) is 17.8 Å². The minimum absolute atomic E-state index is 0.106. The molecule has 0 heterocycles. The second-order valence-corrected chi connectivity index (χ2v) is 31.4. The first-order valence-corrected chi connectivity index (χ1v) is 41.8. The van der Waals surface area contributed by atoms with E-state index < -0.39 is 97.5 Å². The Balaban J connectivity index is 5.20. The van der Waals surface area contributed by atoms with Crippen LogP contribution in [0.15, 0.2) is 0 Å². The van der Waals surface area contributed by atoms with Crippen LogP contribution < -0.4 is 0 Å². The molecule has 0 bridgehead atoms.